The van der Waals surface area contributed by atoms with E-state index < -0.39 is 0 Å². The Labute approximate surface area is 113 Å². The SMILES string of the molecule is S=c1[nH]nc(NCc2cccc3cccnc23)s1. The minimum atomic E-state index is 0.675. The molecule has 2 aromatic heterocycles. The van der Waals surface area contributed by atoms with E-state index in [1.54, 1.807) is 0 Å². The Morgan fingerprint density at radius 2 is 2.17 bits per heavy atom. The van der Waals surface area contributed by atoms with E-state index in [0.29, 0.717) is 10.5 Å². The summed E-state index contributed by atoms with van der Waals surface area (Å²) in [7, 11) is 0. The molecule has 0 atom stereocenters. The van der Waals surface area contributed by atoms with Crippen LogP contribution in [-0.4, -0.2) is 15.2 Å². The van der Waals surface area contributed by atoms with Crippen molar-refractivity contribution >= 4 is 39.6 Å². The molecule has 3 rings (SSSR count). The van der Waals surface area contributed by atoms with Gasteiger partial charge in [-0.1, -0.05) is 35.6 Å². The van der Waals surface area contributed by atoms with Gasteiger partial charge in [-0.05, 0) is 23.8 Å². The van der Waals surface area contributed by atoms with Gasteiger partial charge in [-0.25, -0.2) is 0 Å². The zero-order valence-electron chi connectivity index (χ0n) is 9.38. The Kier molecular flexibility index (Phi) is 3.04. The van der Waals surface area contributed by atoms with Crippen LogP contribution in [0.1, 0.15) is 5.56 Å². The van der Waals surface area contributed by atoms with E-state index in [1.807, 2.05) is 18.3 Å². The van der Waals surface area contributed by atoms with Gasteiger partial charge < -0.3 is 5.32 Å². The van der Waals surface area contributed by atoms with Crippen LogP contribution in [-0.2, 0) is 6.54 Å². The minimum absolute atomic E-state index is 0.675. The summed E-state index contributed by atoms with van der Waals surface area (Å²) in [6.07, 6.45) is 1.81. The number of hydrogen-bond acceptors (Lipinski definition) is 5. The van der Waals surface area contributed by atoms with Gasteiger partial charge in [0.2, 0.25) is 5.13 Å². The van der Waals surface area contributed by atoms with Crippen molar-refractivity contribution in [3.8, 4) is 0 Å². The predicted molar refractivity (Wildman–Crippen MR) is 76.4 cm³/mol. The van der Waals surface area contributed by atoms with E-state index in [4.69, 9.17) is 12.2 Å². The van der Waals surface area contributed by atoms with Crippen LogP contribution in [0.25, 0.3) is 10.9 Å². The van der Waals surface area contributed by atoms with Crippen LogP contribution in [0.15, 0.2) is 36.5 Å². The highest BCUT2D eigenvalue weighted by molar-refractivity contribution is 7.73. The topological polar surface area (TPSA) is 53.6 Å². The maximum atomic E-state index is 4.99. The smallest absolute Gasteiger partial charge is 0.204 e. The number of fused-ring (bicyclic) bond motifs is 1. The summed E-state index contributed by atoms with van der Waals surface area (Å²) in [5, 5.41) is 12.0. The lowest BCUT2D eigenvalue weighted by atomic mass is 10.1. The minimum Gasteiger partial charge on any atom is -0.356 e. The van der Waals surface area contributed by atoms with Crippen molar-refractivity contribution in [3.05, 3.63) is 46.0 Å². The Hall–Kier alpha value is -1.79. The molecule has 0 radical (unpaired) electrons. The molecule has 1 aromatic carbocycles. The Morgan fingerprint density at radius 1 is 1.28 bits per heavy atom. The van der Waals surface area contributed by atoms with Crippen molar-refractivity contribution in [1.29, 1.82) is 0 Å². The van der Waals surface area contributed by atoms with Gasteiger partial charge in [-0.15, -0.1) is 5.10 Å². The van der Waals surface area contributed by atoms with Crippen molar-refractivity contribution in [2.45, 2.75) is 6.54 Å². The monoisotopic (exact) mass is 274 g/mol. The third kappa shape index (κ3) is 2.25. The second kappa shape index (κ2) is 4.83. The second-order valence-corrected chi connectivity index (χ2v) is 5.43. The number of hydrogen-bond donors (Lipinski definition) is 2. The summed E-state index contributed by atoms with van der Waals surface area (Å²) in [4.78, 5) is 4.41. The zero-order valence-corrected chi connectivity index (χ0v) is 11.0. The molecule has 90 valence electrons. The number of anilines is 1. The van der Waals surface area contributed by atoms with Gasteiger partial charge in [0.1, 0.15) is 0 Å². The molecule has 2 N–H and O–H groups in total. The lowest BCUT2D eigenvalue weighted by Gasteiger charge is -2.05. The highest BCUT2D eigenvalue weighted by Crippen LogP contribution is 2.18. The number of para-hydroxylation sites is 1. The molecule has 0 aliphatic heterocycles. The standard InChI is InChI=1S/C12H10N4S2/c17-12-16-15-11(18-12)14-7-9-4-1-3-8-5-2-6-13-10(8)9/h1-6H,7H2,(H,14,15)(H,16,17). The molecule has 3 aromatic rings. The van der Waals surface area contributed by atoms with E-state index in [0.717, 1.165) is 21.6 Å². The Bertz CT molecular complexity index is 727. The van der Waals surface area contributed by atoms with Gasteiger partial charge in [-0.3, -0.25) is 10.1 Å². The summed E-state index contributed by atoms with van der Waals surface area (Å²) in [5.74, 6) is 0. The van der Waals surface area contributed by atoms with Gasteiger partial charge in [0.25, 0.3) is 0 Å². The number of aromatic amines is 1. The largest absolute Gasteiger partial charge is 0.356 e. The van der Waals surface area contributed by atoms with E-state index in [-0.39, 0.29) is 0 Å². The molecule has 0 spiro atoms. The fourth-order valence-electron chi connectivity index (χ4n) is 1.79. The molecule has 18 heavy (non-hydrogen) atoms. The van der Waals surface area contributed by atoms with Crippen LogP contribution in [0.2, 0.25) is 0 Å². The van der Waals surface area contributed by atoms with Gasteiger partial charge in [0.15, 0.2) is 3.95 Å². The normalized spacial score (nSPS) is 10.7. The van der Waals surface area contributed by atoms with E-state index in [1.165, 1.54) is 11.3 Å². The fourth-order valence-corrected chi connectivity index (χ4v) is 2.57. The summed E-state index contributed by atoms with van der Waals surface area (Å²) in [6, 6.07) is 10.2. The molecule has 0 fully saturated rings. The molecule has 0 unspecified atom stereocenters. The van der Waals surface area contributed by atoms with E-state index >= 15 is 0 Å². The van der Waals surface area contributed by atoms with Gasteiger partial charge in [0, 0.05) is 18.1 Å². The molecular weight excluding hydrogens is 264 g/mol. The van der Waals surface area contributed by atoms with Crippen molar-refractivity contribution < 1.29 is 0 Å². The first-order chi connectivity index (χ1) is 8.83. The zero-order chi connectivity index (χ0) is 12.4. The number of pyridine rings is 1. The highest BCUT2D eigenvalue weighted by Gasteiger charge is 2.02. The number of nitrogens with one attached hydrogen (secondary N) is 2. The molecule has 0 aliphatic rings. The molecule has 0 bridgehead atoms. The molecule has 0 saturated carbocycles. The van der Waals surface area contributed by atoms with Crippen LogP contribution in [0, 0.1) is 3.95 Å². The lowest BCUT2D eigenvalue weighted by molar-refractivity contribution is 1.05. The first-order valence-electron chi connectivity index (χ1n) is 5.45. The predicted octanol–water partition coefficient (Wildman–Crippen LogP) is 3.36. The average molecular weight is 274 g/mol. The summed E-state index contributed by atoms with van der Waals surface area (Å²) >= 11 is 6.42. The van der Waals surface area contributed by atoms with E-state index in [9.17, 15) is 0 Å². The van der Waals surface area contributed by atoms with E-state index in [2.05, 4.69) is 38.7 Å². The van der Waals surface area contributed by atoms with Gasteiger partial charge in [-0.2, -0.15) is 0 Å². The van der Waals surface area contributed by atoms with Crippen molar-refractivity contribution in [2.24, 2.45) is 0 Å². The quantitative estimate of drug-likeness (QED) is 0.719. The van der Waals surface area contributed by atoms with Gasteiger partial charge >= 0.3 is 0 Å². The van der Waals surface area contributed by atoms with Crippen LogP contribution in [0.4, 0.5) is 5.13 Å². The first kappa shape index (κ1) is 11.3. The maximum Gasteiger partial charge on any atom is 0.204 e. The van der Waals surface area contributed by atoms with Gasteiger partial charge in [0.05, 0.1) is 5.52 Å². The number of benzene rings is 1. The number of aromatic nitrogens is 3. The summed E-state index contributed by atoms with van der Waals surface area (Å²) in [6.45, 7) is 0.685. The third-order valence-corrected chi connectivity index (χ3v) is 3.63. The fraction of sp³-hybridized carbons (Fsp3) is 0.0833. The maximum absolute atomic E-state index is 4.99. The Morgan fingerprint density at radius 3 is 3.00 bits per heavy atom. The van der Waals surface area contributed by atoms with Crippen LogP contribution in [0.3, 0.4) is 0 Å². The van der Waals surface area contributed by atoms with Crippen LogP contribution < -0.4 is 5.32 Å². The number of H-pyrrole nitrogens is 1. The molecular formula is C12H10N4S2. The van der Waals surface area contributed by atoms with Crippen LogP contribution in [0.5, 0.6) is 0 Å². The molecule has 0 amide bonds. The molecule has 0 saturated heterocycles. The van der Waals surface area contributed by atoms with Crippen molar-refractivity contribution in [1.82, 2.24) is 15.2 Å². The molecule has 4 nitrogen and oxygen atoms in total. The van der Waals surface area contributed by atoms with Crippen LogP contribution >= 0.6 is 23.6 Å². The molecule has 2 heterocycles. The number of nitrogens with zero attached hydrogens (tertiary/aromatic N) is 2. The summed E-state index contributed by atoms with van der Waals surface area (Å²) < 4.78 is 0.675. The second-order valence-electron chi connectivity index (χ2n) is 3.76. The third-order valence-electron chi connectivity index (χ3n) is 2.58. The first-order valence-corrected chi connectivity index (χ1v) is 6.67. The summed E-state index contributed by atoms with van der Waals surface area (Å²) in [5.41, 5.74) is 2.17. The Balaban J connectivity index is 1.88. The number of rotatable bonds is 3. The highest BCUT2D eigenvalue weighted by atomic mass is 32.1. The average Bonchev–Trinajstić information content (AvgIpc) is 2.82. The molecule has 6 heteroatoms. The molecule has 0 aliphatic carbocycles. The van der Waals surface area contributed by atoms with Crippen molar-refractivity contribution in [2.75, 3.05) is 5.32 Å². The lowest BCUT2D eigenvalue weighted by Crippen LogP contribution is -2.00. The van der Waals surface area contributed by atoms with Crippen molar-refractivity contribution in [3.63, 3.8) is 0 Å².